The Kier molecular flexibility index (Phi) is 6.89. The highest BCUT2D eigenvalue weighted by Crippen LogP contribution is 2.18. The minimum Gasteiger partial charge on any atom is -0.374 e. The molecule has 3 rings (SSSR count). The first-order chi connectivity index (χ1) is 14.2. The van der Waals surface area contributed by atoms with Gasteiger partial charge in [0.05, 0.1) is 23.7 Å². The van der Waals surface area contributed by atoms with E-state index >= 15 is 0 Å². The molecule has 0 spiro atoms. The lowest BCUT2D eigenvalue weighted by atomic mass is 10.1. The molecule has 0 saturated carbocycles. The number of carbonyl (C=O) groups excluding carboxylic acids is 1. The van der Waals surface area contributed by atoms with Gasteiger partial charge in [-0.3, -0.25) is 4.79 Å². The number of hydrogen-bond donors (Lipinski definition) is 1. The molecule has 1 aromatic heterocycles. The summed E-state index contributed by atoms with van der Waals surface area (Å²) in [7, 11) is -3.29. The predicted molar refractivity (Wildman–Crippen MR) is 116 cm³/mol. The highest BCUT2D eigenvalue weighted by atomic mass is 32.2. The third kappa shape index (κ3) is 5.90. The highest BCUT2D eigenvalue weighted by Gasteiger charge is 2.17. The van der Waals surface area contributed by atoms with Crippen LogP contribution in [0.4, 0.5) is 0 Å². The molecule has 0 fully saturated rings. The zero-order valence-electron chi connectivity index (χ0n) is 17.5. The van der Waals surface area contributed by atoms with Gasteiger partial charge in [-0.1, -0.05) is 36.4 Å². The highest BCUT2D eigenvalue weighted by molar-refractivity contribution is 7.89. The number of nitrogens with zero attached hydrogens (tertiary/aromatic N) is 2. The van der Waals surface area contributed by atoms with Gasteiger partial charge in [0.1, 0.15) is 18.1 Å². The lowest BCUT2D eigenvalue weighted by Crippen LogP contribution is -2.28. The van der Waals surface area contributed by atoms with E-state index in [4.69, 9.17) is 4.74 Å². The third-order valence-electron chi connectivity index (χ3n) is 4.59. The number of para-hydroxylation sites is 2. The maximum absolute atomic E-state index is 12.7. The number of nitrogens with one attached hydrogen (secondary N) is 1. The van der Waals surface area contributed by atoms with E-state index in [2.05, 4.69) is 10.3 Å². The van der Waals surface area contributed by atoms with Gasteiger partial charge >= 0.3 is 0 Å². The van der Waals surface area contributed by atoms with E-state index in [-0.39, 0.29) is 24.3 Å². The molecular formula is C22H27N3O4S. The van der Waals surface area contributed by atoms with Crippen LogP contribution in [0, 0.1) is 0 Å². The second-order valence-corrected chi connectivity index (χ2v) is 9.72. The van der Waals surface area contributed by atoms with Crippen molar-refractivity contribution in [1.82, 2.24) is 14.9 Å². The molecule has 0 aliphatic heterocycles. The SMILES string of the molecule is CC(C)OCc1ccccc1CNC(=O)Cn1c(CS(C)(=O)=O)nc2ccccc21. The van der Waals surface area contributed by atoms with E-state index in [1.807, 2.05) is 56.3 Å². The fraction of sp³-hybridized carbons (Fsp3) is 0.364. The number of amides is 1. The fourth-order valence-corrected chi connectivity index (χ4v) is 3.86. The number of fused-ring (bicyclic) bond motifs is 1. The maximum atomic E-state index is 12.7. The number of ether oxygens (including phenoxy) is 1. The van der Waals surface area contributed by atoms with Crippen LogP contribution in [0.15, 0.2) is 48.5 Å². The van der Waals surface area contributed by atoms with Crippen LogP contribution in [-0.2, 0) is 44.8 Å². The molecular weight excluding hydrogens is 402 g/mol. The number of hydrogen-bond acceptors (Lipinski definition) is 5. The first-order valence-electron chi connectivity index (χ1n) is 9.80. The van der Waals surface area contributed by atoms with Gasteiger partial charge in [0.2, 0.25) is 5.91 Å². The van der Waals surface area contributed by atoms with E-state index < -0.39 is 9.84 Å². The average molecular weight is 430 g/mol. The van der Waals surface area contributed by atoms with Crippen LogP contribution in [-0.4, -0.2) is 36.2 Å². The maximum Gasteiger partial charge on any atom is 0.240 e. The fourth-order valence-electron chi connectivity index (χ4n) is 3.17. The van der Waals surface area contributed by atoms with Crippen molar-refractivity contribution >= 4 is 26.8 Å². The summed E-state index contributed by atoms with van der Waals surface area (Å²) >= 11 is 0. The third-order valence-corrected chi connectivity index (χ3v) is 5.38. The molecule has 0 saturated heterocycles. The Bertz CT molecular complexity index is 1140. The van der Waals surface area contributed by atoms with Crippen molar-refractivity contribution in [3.63, 3.8) is 0 Å². The monoisotopic (exact) mass is 429 g/mol. The Morgan fingerprint density at radius 1 is 1.10 bits per heavy atom. The van der Waals surface area contributed by atoms with Crippen LogP contribution < -0.4 is 5.32 Å². The van der Waals surface area contributed by atoms with Crippen molar-refractivity contribution < 1.29 is 17.9 Å². The Hall–Kier alpha value is -2.71. The standard InChI is InChI=1S/C22H27N3O4S/c1-16(2)29-14-18-9-5-4-8-17(18)12-23-22(26)13-25-20-11-7-6-10-19(20)24-21(25)15-30(3,27)28/h4-11,16H,12-15H2,1-3H3,(H,23,26). The summed E-state index contributed by atoms with van der Waals surface area (Å²) < 4.78 is 31.0. The van der Waals surface area contributed by atoms with Gasteiger partial charge in [0, 0.05) is 12.8 Å². The van der Waals surface area contributed by atoms with Crippen molar-refractivity contribution in [3.05, 3.63) is 65.5 Å². The van der Waals surface area contributed by atoms with Crippen molar-refractivity contribution in [2.75, 3.05) is 6.26 Å². The van der Waals surface area contributed by atoms with Crippen molar-refractivity contribution in [2.45, 2.75) is 45.4 Å². The normalized spacial score (nSPS) is 11.9. The molecule has 0 unspecified atom stereocenters. The summed E-state index contributed by atoms with van der Waals surface area (Å²) in [6.07, 6.45) is 1.28. The number of rotatable bonds is 9. The minimum atomic E-state index is -3.29. The molecule has 0 aliphatic rings. The van der Waals surface area contributed by atoms with Crippen LogP contribution in [0.25, 0.3) is 11.0 Å². The zero-order chi connectivity index (χ0) is 21.7. The second kappa shape index (κ2) is 9.40. The molecule has 7 nitrogen and oxygen atoms in total. The summed E-state index contributed by atoms with van der Waals surface area (Å²) in [5.74, 6) is -0.0725. The number of aromatic nitrogens is 2. The molecule has 0 atom stereocenters. The van der Waals surface area contributed by atoms with E-state index in [0.29, 0.717) is 24.5 Å². The van der Waals surface area contributed by atoms with Gasteiger partial charge in [0.25, 0.3) is 0 Å². The smallest absolute Gasteiger partial charge is 0.240 e. The van der Waals surface area contributed by atoms with E-state index in [1.165, 1.54) is 0 Å². The predicted octanol–water partition coefficient (Wildman–Crippen LogP) is 2.82. The zero-order valence-corrected chi connectivity index (χ0v) is 18.3. The number of carbonyl (C=O) groups is 1. The Balaban J connectivity index is 1.74. The molecule has 0 radical (unpaired) electrons. The molecule has 30 heavy (non-hydrogen) atoms. The Labute approximate surface area is 177 Å². The Morgan fingerprint density at radius 3 is 2.47 bits per heavy atom. The van der Waals surface area contributed by atoms with Gasteiger partial charge in [-0.25, -0.2) is 13.4 Å². The molecule has 1 N–H and O–H groups in total. The largest absolute Gasteiger partial charge is 0.374 e. The van der Waals surface area contributed by atoms with E-state index in [0.717, 1.165) is 22.9 Å². The van der Waals surface area contributed by atoms with E-state index in [9.17, 15) is 13.2 Å². The van der Waals surface area contributed by atoms with Crippen LogP contribution in [0.2, 0.25) is 0 Å². The molecule has 3 aromatic rings. The quantitative estimate of drug-likeness (QED) is 0.565. The van der Waals surface area contributed by atoms with Crippen molar-refractivity contribution in [3.8, 4) is 0 Å². The van der Waals surface area contributed by atoms with Gasteiger partial charge in [0.15, 0.2) is 9.84 Å². The van der Waals surface area contributed by atoms with Gasteiger partial charge < -0.3 is 14.6 Å². The number of imidazole rings is 1. The minimum absolute atomic E-state index is 0.00394. The first kappa shape index (κ1) is 22.0. The molecule has 1 heterocycles. The summed E-state index contributed by atoms with van der Waals surface area (Å²) in [5, 5.41) is 2.93. The number of sulfone groups is 1. The van der Waals surface area contributed by atoms with Crippen LogP contribution in [0.3, 0.4) is 0 Å². The van der Waals surface area contributed by atoms with Crippen LogP contribution >= 0.6 is 0 Å². The van der Waals surface area contributed by atoms with Crippen LogP contribution in [0.1, 0.15) is 30.8 Å². The van der Waals surface area contributed by atoms with Crippen LogP contribution in [0.5, 0.6) is 0 Å². The van der Waals surface area contributed by atoms with Crippen molar-refractivity contribution in [1.29, 1.82) is 0 Å². The summed E-state index contributed by atoms with van der Waals surface area (Å²) in [5.41, 5.74) is 3.41. The van der Waals surface area contributed by atoms with Gasteiger partial charge in [-0.05, 0) is 37.1 Å². The van der Waals surface area contributed by atoms with Gasteiger partial charge in [-0.15, -0.1) is 0 Å². The Morgan fingerprint density at radius 2 is 1.77 bits per heavy atom. The van der Waals surface area contributed by atoms with E-state index in [1.54, 1.807) is 10.6 Å². The topological polar surface area (TPSA) is 90.3 Å². The molecule has 0 aliphatic carbocycles. The molecule has 8 heteroatoms. The summed E-state index contributed by atoms with van der Waals surface area (Å²) in [4.78, 5) is 17.1. The van der Waals surface area contributed by atoms with Crippen molar-refractivity contribution in [2.24, 2.45) is 0 Å². The number of benzene rings is 2. The molecule has 0 bridgehead atoms. The van der Waals surface area contributed by atoms with Gasteiger partial charge in [-0.2, -0.15) is 0 Å². The summed E-state index contributed by atoms with van der Waals surface area (Å²) in [6, 6.07) is 15.1. The molecule has 160 valence electrons. The summed E-state index contributed by atoms with van der Waals surface area (Å²) in [6.45, 7) is 4.80. The lowest BCUT2D eigenvalue weighted by Gasteiger charge is -2.14. The first-order valence-corrected chi connectivity index (χ1v) is 11.9. The molecule has 1 amide bonds. The second-order valence-electron chi connectivity index (χ2n) is 7.58. The molecule has 2 aromatic carbocycles. The average Bonchev–Trinajstić information content (AvgIpc) is 3.00. The lowest BCUT2D eigenvalue weighted by molar-refractivity contribution is -0.121.